The molecule has 0 radical (unpaired) electrons. The molecule has 8 nitrogen and oxygen atoms in total. The Morgan fingerprint density at radius 2 is 0.476 bits per heavy atom. The first-order valence-electron chi connectivity index (χ1n) is 17.2. The Balaban J connectivity index is 0.000000230. The summed E-state index contributed by atoms with van der Waals surface area (Å²) in [6, 6.07) is 39.2. The number of hydrogen-bond donors (Lipinski definition) is 0. The fourth-order valence-electron chi connectivity index (χ4n) is 4.65. The van der Waals surface area contributed by atoms with Crippen LogP contribution in [0, 0.1) is 0 Å². The SMILES string of the molecule is F[P-](F)(F)(F)(F)F.F[P-](F)(F)(F)(F)F.[Ru+2].c1cc(-c2ccnc(-c3cc(-c4ccncc4)ccn3)c2)ccn1.c1ccc(-c2ccccn2)nc1.c1ccc(-c2ccccn2)nc1. The monoisotopic (exact) mass is 1010 g/mol. The Labute approximate surface area is 363 Å². The second kappa shape index (κ2) is 19.9. The van der Waals surface area contributed by atoms with Gasteiger partial charge in [-0.1, -0.05) is 24.3 Å². The summed E-state index contributed by atoms with van der Waals surface area (Å²) in [5.41, 5.74) is 9.77. The molecule has 23 heteroatoms. The molecule has 0 aromatic carbocycles. The molecule has 0 fully saturated rings. The fraction of sp³-hybridized carbons (Fsp3) is 0. The first-order chi connectivity index (χ1) is 28.7. The minimum absolute atomic E-state index is 0. The van der Waals surface area contributed by atoms with Crippen molar-refractivity contribution in [1.29, 1.82) is 0 Å². The molecule has 63 heavy (non-hydrogen) atoms. The van der Waals surface area contributed by atoms with Gasteiger partial charge in [0.2, 0.25) is 0 Å². The van der Waals surface area contributed by atoms with Gasteiger partial charge in [-0.15, -0.1) is 0 Å². The van der Waals surface area contributed by atoms with Gasteiger partial charge in [0.25, 0.3) is 0 Å². The largest absolute Gasteiger partial charge is 2.00 e. The summed E-state index contributed by atoms with van der Waals surface area (Å²) >= 11 is 0. The number of halogens is 12. The predicted molar refractivity (Wildman–Crippen MR) is 216 cm³/mol. The predicted octanol–water partition coefficient (Wildman–Crippen LogP) is 15.3. The summed E-state index contributed by atoms with van der Waals surface area (Å²) in [4.78, 5) is 33.8. The molecule has 0 N–H and O–H groups in total. The van der Waals surface area contributed by atoms with Crippen LogP contribution in [0.5, 0.6) is 0 Å². The fourth-order valence-corrected chi connectivity index (χ4v) is 4.65. The van der Waals surface area contributed by atoms with Gasteiger partial charge in [-0.05, 0) is 119 Å². The molecule has 8 aromatic rings. The summed E-state index contributed by atoms with van der Waals surface area (Å²) in [6.07, 6.45) is 17.9. The van der Waals surface area contributed by atoms with Crippen LogP contribution in [-0.4, -0.2) is 39.9 Å². The summed E-state index contributed by atoms with van der Waals surface area (Å²) in [7, 11) is -21.3. The van der Waals surface area contributed by atoms with Gasteiger partial charge in [0.1, 0.15) is 0 Å². The summed E-state index contributed by atoms with van der Waals surface area (Å²) in [5, 5.41) is 0. The second-order valence-electron chi connectivity index (χ2n) is 12.1. The average Bonchev–Trinajstić information content (AvgIpc) is 3.24. The summed E-state index contributed by atoms with van der Waals surface area (Å²) in [5.74, 6) is 0. The number of hydrogen-bond acceptors (Lipinski definition) is 8. The van der Waals surface area contributed by atoms with Crippen molar-refractivity contribution >= 4 is 15.6 Å². The third-order valence-corrected chi connectivity index (χ3v) is 6.99. The van der Waals surface area contributed by atoms with Crippen LogP contribution in [0.1, 0.15) is 0 Å². The molecule has 0 unspecified atom stereocenters. The molecule has 0 amide bonds. The molecular formula is C40H30F12N8P2Ru. The zero-order valence-electron chi connectivity index (χ0n) is 31.7. The molecular weight excluding hydrogens is 983 g/mol. The first-order valence-corrected chi connectivity index (χ1v) is 21.3. The molecule has 332 valence electrons. The van der Waals surface area contributed by atoms with E-state index in [1.807, 2.05) is 134 Å². The zero-order valence-corrected chi connectivity index (χ0v) is 35.2. The number of nitrogens with zero attached hydrogens (tertiary/aromatic N) is 8. The maximum Gasteiger partial charge on any atom is 2.00 e. The molecule has 0 saturated heterocycles. The van der Waals surface area contributed by atoms with Crippen LogP contribution in [0.15, 0.2) is 183 Å². The summed E-state index contributed by atoms with van der Waals surface area (Å²) in [6.45, 7) is 0. The van der Waals surface area contributed by atoms with Crippen molar-refractivity contribution in [3.8, 4) is 56.4 Å². The van der Waals surface area contributed by atoms with Crippen LogP contribution in [-0.2, 0) is 19.5 Å². The van der Waals surface area contributed by atoms with Crippen LogP contribution in [0.4, 0.5) is 50.4 Å². The quantitative estimate of drug-likeness (QED) is 0.0954. The van der Waals surface area contributed by atoms with E-state index in [0.717, 1.165) is 56.4 Å². The van der Waals surface area contributed by atoms with E-state index in [9.17, 15) is 50.4 Å². The number of aromatic nitrogens is 8. The Kier molecular flexibility index (Phi) is 16.2. The van der Waals surface area contributed by atoms with Crippen LogP contribution in [0.2, 0.25) is 0 Å². The van der Waals surface area contributed by atoms with E-state index in [4.69, 9.17) is 0 Å². The number of rotatable bonds is 5. The Morgan fingerprint density at radius 1 is 0.254 bits per heavy atom. The van der Waals surface area contributed by atoms with E-state index in [1.165, 1.54) is 0 Å². The molecule has 0 aliphatic rings. The Hall–Kier alpha value is -6.16. The minimum Gasteiger partial charge on any atom is -0.265 e. The van der Waals surface area contributed by atoms with Crippen molar-refractivity contribution < 1.29 is 69.8 Å². The van der Waals surface area contributed by atoms with Gasteiger partial charge in [0, 0.05) is 62.0 Å². The minimum atomic E-state index is -10.7. The van der Waals surface area contributed by atoms with Gasteiger partial charge in [0.05, 0.1) is 34.2 Å². The van der Waals surface area contributed by atoms with E-state index < -0.39 is 15.6 Å². The maximum absolute atomic E-state index is 10.7. The van der Waals surface area contributed by atoms with Crippen LogP contribution in [0.25, 0.3) is 56.4 Å². The van der Waals surface area contributed by atoms with Gasteiger partial charge in [-0.3, -0.25) is 39.9 Å². The van der Waals surface area contributed by atoms with Gasteiger partial charge < -0.3 is 0 Å². The standard InChI is InChI=1S/C20H14N4.2C10H8N2.2F6P.Ru/c1-7-21-8-2-15(1)17-5-11-23-19(13-17)20-14-18(6-12-24-20)16-3-9-22-10-4-16;2*1-3-7-11-9(5-1)10-6-2-4-8-12-10;2*1-7(2,3,4,5)6;/h1-14H;2*1-8H;;;/q;;;2*-1;+2. The molecule has 8 heterocycles. The third kappa shape index (κ3) is 24.2. The summed E-state index contributed by atoms with van der Waals surface area (Å²) < 4.78 is 118. The Morgan fingerprint density at radius 3 is 0.698 bits per heavy atom. The van der Waals surface area contributed by atoms with Crippen molar-refractivity contribution in [2.75, 3.05) is 0 Å². The van der Waals surface area contributed by atoms with Crippen LogP contribution in [0.3, 0.4) is 0 Å². The molecule has 0 aliphatic carbocycles. The van der Waals surface area contributed by atoms with Gasteiger partial charge in [-0.25, -0.2) is 0 Å². The van der Waals surface area contributed by atoms with Crippen molar-refractivity contribution in [2.45, 2.75) is 0 Å². The topological polar surface area (TPSA) is 103 Å². The maximum atomic E-state index is 9.87. The van der Waals surface area contributed by atoms with E-state index in [-0.39, 0.29) is 19.5 Å². The van der Waals surface area contributed by atoms with Crippen molar-refractivity contribution in [3.05, 3.63) is 183 Å². The van der Waals surface area contributed by atoms with Crippen molar-refractivity contribution in [3.63, 3.8) is 0 Å². The smallest absolute Gasteiger partial charge is 0.265 e. The first kappa shape index (κ1) is 51.2. The molecule has 0 saturated carbocycles. The van der Waals surface area contributed by atoms with Crippen molar-refractivity contribution in [1.82, 2.24) is 39.9 Å². The van der Waals surface area contributed by atoms with Crippen molar-refractivity contribution in [2.24, 2.45) is 0 Å². The average molecular weight is 1010 g/mol. The molecule has 8 aromatic heterocycles. The van der Waals surface area contributed by atoms with Gasteiger partial charge >= 0.3 is 85.5 Å². The van der Waals surface area contributed by atoms with E-state index in [1.54, 1.807) is 49.6 Å². The zero-order chi connectivity index (χ0) is 45.5. The molecule has 8 rings (SSSR count). The van der Waals surface area contributed by atoms with E-state index >= 15 is 0 Å². The van der Waals surface area contributed by atoms with Gasteiger partial charge in [0.15, 0.2) is 0 Å². The van der Waals surface area contributed by atoms with Crippen LogP contribution >= 0.6 is 15.6 Å². The number of pyridine rings is 8. The third-order valence-electron chi connectivity index (χ3n) is 6.99. The molecule has 0 bridgehead atoms. The normalized spacial score (nSPS) is 12.8. The molecule has 0 spiro atoms. The molecule has 0 aliphatic heterocycles. The van der Waals surface area contributed by atoms with Gasteiger partial charge in [-0.2, -0.15) is 0 Å². The van der Waals surface area contributed by atoms with E-state index in [2.05, 4.69) is 39.9 Å². The second-order valence-corrected chi connectivity index (χ2v) is 15.9. The molecule has 0 atom stereocenters. The van der Waals surface area contributed by atoms with Crippen LogP contribution < -0.4 is 0 Å². The Bertz CT molecular complexity index is 2320. The van der Waals surface area contributed by atoms with E-state index in [0.29, 0.717) is 0 Å².